The smallest absolute Gasteiger partial charge is 0.140 e. The maximum atomic E-state index is 6.91. The number of ether oxygens (including phenoxy) is 1. The van der Waals surface area contributed by atoms with Crippen molar-refractivity contribution in [2.45, 2.75) is 18.8 Å². The summed E-state index contributed by atoms with van der Waals surface area (Å²) in [6.07, 6.45) is 0.912. The fraction of sp³-hybridized carbons (Fsp3) is 0.0612. The molecule has 0 fully saturated rings. The Morgan fingerprint density at radius 3 is 2.14 bits per heavy atom. The molecule has 1 spiro atoms. The molecular weight excluding hydrogens is 619 g/mol. The Bertz CT molecular complexity index is 2740. The van der Waals surface area contributed by atoms with Crippen molar-refractivity contribution in [2.75, 3.05) is 4.90 Å². The predicted octanol–water partition coefficient (Wildman–Crippen LogP) is 12.7. The molecule has 3 aliphatic rings. The number of benzene rings is 8. The minimum atomic E-state index is -0.567. The van der Waals surface area contributed by atoms with Crippen LogP contribution >= 0.6 is 0 Å². The number of fused-ring (bicyclic) bond motifs is 14. The summed E-state index contributed by atoms with van der Waals surface area (Å²) in [4.78, 5) is 2.50. The first-order valence-electron chi connectivity index (χ1n) is 17.8. The van der Waals surface area contributed by atoms with Gasteiger partial charge in [-0.1, -0.05) is 140 Å². The quantitative estimate of drug-likeness (QED) is 0.188. The molecular formula is C49H33NO. The molecule has 0 saturated carbocycles. The Labute approximate surface area is 297 Å². The van der Waals surface area contributed by atoms with E-state index in [2.05, 4.69) is 182 Å². The maximum Gasteiger partial charge on any atom is 0.140 e. The van der Waals surface area contributed by atoms with Gasteiger partial charge in [0.1, 0.15) is 11.5 Å². The summed E-state index contributed by atoms with van der Waals surface area (Å²) in [5.41, 5.74) is 17.1. The molecule has 2 aliphatic carbocycles. The Kier molecular flexibility index (Phi) is 5.89. The molecule has 1 heterocycles. The second-order valence-electron chi connectivity index (χ2n) is 14.0. The zero-order chi connectivity index (χ0) is 33.7. The van der Waals surface area contributed by atoms with E-state index >= 15 is 0 Å². The largest absolute Gasteiger partial charge is 0.456 e. The van der Waals surface area contributed by atoms with Crippen molar-refractivity contribution in [1.82, 2.24) is 0 Å². The van der Waals surface area contributed by atoms with Crippen molar-refractivity contribution in [3.05, 3.63) is 209 Å². The summed E-state index contributed by atoms with van der Waals surface area (Å²) in [5, 5.41) is 2.31. The molecule has 240 valence electrons. The van der Waals surface area contributed by atoms with Gasteiger partial charge in [0.25, 0.3) is 0 Å². The molecule has 0 N–H and O–H groups in total. The fourth-order valence-corrected chi connectivity index (χ4v) is 9.33. The summed E-state index contributed by atoms with van der Waals surface area (Å²) >= 11 is 0. The Morgan fingerprint density at radius 1 is 0.510 bits per heavy atom. The lowest BCUT2D eigenvalue weighted by Crippen LogP contribution is -2.32. The molecule has 1 atom stereocenters. The van der Waals surface area contributed by atoms with E-state index in [0.717, 1.165) is 29.0 Å². The predicted molar refractivity (Wildman–Crippen MR) is 209 cm³/mol. The van der Waals surface area contributed by atoms with E-state index in [-0.39, 0.29) is 0 Å². The first kappa shape index (κ1) is 28.5. The monoisotopic (exact) mass is 651 g/mol. The summed E-state index contributed by atoms with van der Waals surface area (Å²) in [7, 11) is 0. The van der Waals surface area contributed by atoms with Crippen LogP contribution in [-0.4, -0.2) is 0 Å². The third-order valence-electron chi connectivity index (χ3n) is 11.5. The lowest BCUT2D eigenvalue weighted by Gasteiger charge is -2.40. The third kappa shape index (κ3) is 3.82. The van der Waals surface area contributed by atoms with Gasteiger partial charge in [-0.3, -0.25) is 0 Å². The summed E-state index contributed by atoms with van der Waals surface area (Å²) < 4.78 is 6.91. The molecule has 11 rings (SSSR count). The highest BCUT2D eigenvalue weighted by atomic mass is 16.5. The van der Waals surface area contributed by atoms with Crippen LogP contribution in [0.15, 0.2) is 170 Å². The van der Waals surface area contributed by atoms with Gasteiger partial charge < -0.3 is 9.64 Å². The van der Waals surface area contributed by atoms with Crippen LogP contribution in [0, 0.1) is 6.92 Å². The van der Waals surface area contributed by atoms with Gasteiger partial charge in [-0.15, -0.1) is 0 Å². The number of aryl methyl sites for hydroxylation is 1. The molecule has 2 heteroatoms. The van der Waals surface area contributed by atoms with E-state index in [1.165, 1.54) is 78.0 Å². The average molecular weight is 652 g/mol. The van der Waals surface area contributed by atoms with Gasteiger partial charge in [0.15, 0.2) is 0 Å². The maximum absolute atomic E-state index is 6.91. The third-order valence-corrected chi connectivity index (χ3v) is 11.5. The molecule has 8 aromatic carbocycles. The van der Waals surface area contributed by atoms with Crippen molar-refractivity contribution < 1.29 is 4.74 Å². The molecule has 1 aliphatic heterocycles. The Balaban J connectivity index is 1.22. The highest BCUT2D eigenvalue weighted by Gasteiger charge is 2.51. The van der Waals surface area contributed by atoms with E-state index in [9.17, 15) is 0 Å². The van der Waals surface area contributed by atoms with Gasteiger partial charge >= 0.3 is 0 Å². The normalized spacial score (nSPS) is 15.7. The van der Waals surface area contributed by atoms with Gasteiger partial charge in [0.05, 0.1) is 11.1 Å². The van der Waals surface area contributed by atoms with Crippen molar-refractivity contribution in [3.8, 4) is 33.8 Å². The van der Waals surface area contributed by atoms with Gasteiger partial charge in [0, 0.05) is 34.3 Å². The first-order valence-corrected chi connectivity index (χ1v) is 17.8. The minimum Gasteiger partial charge on any atom is -0.456 e. The molecule has 0 bridgehead atoms. The molecule has 0 amide bonds. The van der Waals surface area contributed by atoms with Crippen LogP contribution in [0.4, 0.5) is 17.1 Å². The van der Waals surface area contributed by atoms with E-state index in [1.807, 2.05) is 0 Å². The minimum absolute atomic E-state index is 0.567. The number of anilines is 3. The van der Waals surface area contributed by atoms with Gasteiger partial charge in [-0.05, 0) is 92.7 Å². The van der Waals surface area contributed by atoms with Gasteiger partial charge in [0.2, 0.25) is 0 Å². The van der Waals surface area contributed by atoms with E-state index < -0.39 is 5.41 Å². The lowest BCUT2D eigenvalue weighted by molar-refractivity contribution is 0.441. The van der Waals surface area contributed by atoms with E-state index in [4.69, 9.17) is 4.74 Å². The molecule has 0 saturated heterocycles. The Morgan fingerprint density at radius 2 is 1.22 bits per heavy atom. The zero-order valence-electron chi connectivity index (χ0n) is 28.2. The second kappa shape index (κ2) is 10.6. The first-order chi connectivity index (χ1) is 25.2. The van der Waals surface area contributed by atoms with E-state index in [0.29, 0.717) is 0 Å². The summed E-state index contributed by atoms with van der Waals surface area (Å²) in [6.45, 7) is 2.22. The molecule has 2 nitrogen and oxygen atoms in total. The van der Waals surface area contributed by atoms with Crippen LogP contribution in [0.25, 0.3) is 33.0 Å². The van der Waals surface area contributed by atoms with Crippen molar-refractivity contribution in [3.63, 3.8) is 0 Å². The van der Waals surface area contributed by atoms with Crippen LogP contribution in [0.2, 0.25) is 0 Å². The van der Waals surface area contributed by atoms with Crippen molar-refractivity contribution in [2.24, 2.45) is 0 Å². The fourth-order valence-electron chi connectivity index (χ4n) is 9.33. The van der Waals surface area contributed by atoms with Gasteiger partial charge in [-0.2, -0.15) is 0 Å². The van der Waals surface area contributed by atoms with Crippen LogP contribution in [-0.2, 0) is 11.8 Å². The standard InChI is InChI=1S/C49H33NO/c1-31-13-2-10-22-45(31)50(46-23-12-19-37-35-16-5-4-15-33(35)29-40(37)46)34-26-27-39-38-18-7-8-20-41(38)49(44(39)30-34)42-21-9-11-24-47(42)51-48-36-17-6-3-14-32(36)25-28-43(48)49/h2-28,30H,29H2,1H3. The zero-order valence-corrected chi connectivity index (χ0v) is 28.2. The highest BCUT2D eigenvalue weighted by molar-refractivity contribution is 5.97. The number of nitrogens with zero attached hydrogens (tertiary/aromatic N) is 1. The highest BCUT2D eigenvalue weighted by Crippen LogP contribution is 2.63. The van der Waals surface area contributed by atoms with Gasteiger partial charge in [-0.25, -0.2) is 0 Å². The van der Waals surface area contributed by atoms with E-state index in [1.54, 1.807) is 0 Å². The molecule has 1 unspecified atom stereocenters. The SMILES string of the molecule is Cc1ccccc1N(c1ccc2c(c1)C1(c3ccccc3Oc3c1ccc1ccccc31)c1ccccc1-2)c1cccc2c1Cc1ccccc1-2. The number of hydrogen-bond acceptors (Lipinski definition) is 2. The number of rotatable bonds is 3. The molecule has 8 aromatic rings. The topological polar surface area (TPSA) is 12.5 Å². The van der Waals surface area contributed by atoms with Crippen LogP contribution in [0.5, 0.6) is 11.5 Å². The average Bonchev–Trinajstić information content (AvgIpc) is 3.70. The number of hydrogen-bond donors (Lipinski definition) is 0. The molecule has 0 aromatic heterocycles. The van der Waals surface area contributed by atoms with Crippen molar-refractivity contribution >= 4 is 27.8 Å². The number of para-hydroxylation sites is 2. The Hall–Kier alpha value is -6.38. The van der Waals surface area contributed by atoms with Crippen molar-refractivity contribution in [1.29, 1.82) is 0 Å². The van der Waals surface area contributed by atoms with Crippen LogP contribution in [0.1, 0.15) is 38.9 Å². The molecule has 51 heavy (non-hydrogen) atoms. The van der Waals surface area contributed by atoms with Crippen LogP contribution < -0.4 is 9.64 Å². The second-order valence-corrected chi connectivity index (χ2v) is 14.0. The van der Waals surface area contributed by atoms with Crippen LogP contribution in [0.3, 0.4) is 0 Å². The lowest BCUT2D eigenvalue weighted by atomic mass is 9.65. The summed E-state index contributed by atoms with van der Waals surface area (Å²) in [6, 6.07) is 62.4. The molecule has 0 radical (unpaired) electrons. The summed E-state index contributed by atoms with van der Waals surface area (Å²) in [5.74, 6) is 1.85.